The van der Waals surface area contributed by atoms with Crippen molar-refractivity contribution < 1.29 is 27.8 Å². The normalized spacial score (nSPS) is 11.2. The minimum Gasteiger partial charge on any atom is -0.489 e. The van der Waals surface area contributed by atoms with Crippen molar-refractivity contribution in [2.45, 2.75) is 12.8 Å². The number of aromatic carboxylic acids is 1. The van der Waals surface area contributed by atoms with Gasteiger partial charge in [0.1, 0.15) is 18.1 Å². The molecule has 110 valence electrons. The SMILES string of the molecule is O=C(O)c1cc(COc2cccc(C(F)(F)F)c2)ccn1. The van der Waals surface area contributed by atoms with E-state index in [4.69, 9.17) is 9.84 Å². The molecular weight excluding hydrogens is 287 g/mol. The summed E-state index contributed by atoms with van der Waals surface area (Å²) in [5.41, 5.74) is -0.457. The molecule has 0 saturated carbocycles. The Labute approximate surface area is 117 Å². The Hall–Kier alpha value is -2.57. The lowest BCUT2D eigenvalue weighted by Gasteiger charge is -2.10. The number of aromatic nitrogens is 1. The summed E-state index contributed by atoms with van der Waals surface area (Å²) >= 11 is 0. The molecule has 7 heteroatoms. The zero-order valence-electron chi connectivity index (χ0n) is 10.6. The Balaban J connectivity index is 2.10. The van der Waals surface area contributed by atoms with Crippen LogP contribution < -0.4 is 4.74 Å². The number of carbonyl (C=O) groups is 1. The number of hydrogen-bond acceptors (Lipinski definition) is 3. The van der Waals surface area contributed by atoms with E-state index < -0.39 is 17.7 Å². The fraction of sp³-hybridized carbons (Fsp3) is 0.143. The van der Waals surface area contributed by atoms with Crippen molar-refractivity contribution >= 4 is 5.97 Å². The number of hydrogen-bond donors (Lipinski definition) is 1. The van der Waals surface area contributed by atoms with Crippen molar-refractivity contribution in [3.63, 3.8) is 0 Å². The average molecular weight is 297 g/mol. The topological polar surface area (TPSA) is 59.4 Å². The summed E-state index contributed by atoms with van der Waals surface area (Å²) in [5.74, 6) is -1.13. The molecule has 0 radical (unpaired) electrons. The molecule has 0 atom stereocenters. The number of carboxylic acid groups (broad SMARTS) is 1. The Kier molecular flexibility index (Phi) is 4.11. The van der Waals surface area contributed by atoms with E-state index in [1.807, 2.05) is 0 Å². The highest BCUT2D eigenvalue weighted by molar-refractivity contribution is 5.85. The van der Waals surface area contributed by atoms with E-state index >= 15 is 0 Å². The molecule has 0 spiro atoms. The fourth-order valence-electron chi connectivity index (χ4n) is 1.61. The lowest BCUT2D eigenvalue weighted by molar-refractivity contribution is -0.137. The van der Waals surface area contributed by atoms with Gasteiger partial charge in [-0.25, -0.2) is 9.78 Å². The molecule has 0 bridgehead atoms. The van der Waals surface area contributed by atoms with Crippen LogP contribution in [-0.4, -0.2) is 16.1 Å². The van der Waals surface area contributed by atoms with Crippen molar-refractivity contribution in [1.29, 1.82) is 0 Å². The van der Waals surface area contributed by atoms with Crippen LogP contribution in [0.25, 0.3) is 0 Å². The first-order valence-corrected chi connectivity index (χ1v) is 5.84. The molecule has 0 unspecified atom stereocenters. The summed E-state index contributed by atoms with van der Waals surface area (Å²) in [6, 6.07) is 7.30. The van der Waals surface area contributed by atoms with Gasteiger partial charge in [-0.05, 0) is 35.9 Å². The first-order valence-electron chi connectivity index (χ1n) is 5.84. The van der Waals surface area contributed by atoms with Crippen LogP contribution in [0.5, 0.6) is 5.75 Å². The summed E-state index contributed by atoms with van der Waals surface area (Å²) < 4.78 is 42.9. The molecule has 2 rings (SSSR count). The summed E-state index contributed by atoms with van der Waals surface area (Å²) in [6.07, 6.45) is -3.14. The van der Waals surface area contributed by atoms with Gasteiger partial charge < -0.3 is 9.84 Å². The maximum Gasteiger partial charge on any atom is 0.416 e. The second-order valence-corrected chi connectivity index (χ2v) is 4.17. The van der Waals surface area contributed by atoms with Crippen molar-refractivity contribution in [3.05, 3.63) is 59.4 Å². The molecule has 1 heterocycles. The van der Waals surface area contributed by atoms with Gasteiger partial charge in [-0.1, -0.05) is 6.07 Å². The maximum atomic E-state index is 12.5. The molecule has 0 aliphatic heterocycles. The van der Waals surface area contributed by atoms with Crippen LogP contribution in [0.1, 0.15) is 21.6 Å². The van der Waals surface area contributed by atoms with Crippen molar-refractivity contribution in [2.24, 2.45) is 0 Å². The number of pyridine rings is 1. The van der Waals surface area contributed by atoms with Crippen LogP contribution in [0.15, 0.2) is 42.6 Å². The third kappa shape index (κ3) is 3.95. The molecule has 0 amide bonds. The molecule has 4 nitrogen and oxygen atoms in total. The van der Waals surface area contributed by atoms with Crippen LogP contribution in [0, 0.1) is 0 Å². The van der Waals surface area contributed by atoms with E-state index in [9.17, 15) is 18.0 Å². The summed E-state index contributed by atoms with van der Waals surface area (Å²) in [5, 5.41) is 8.79. The van der Waals surface area contributed by atoms with Gasteiger partial charge in [0.2, 0.25) is 0 Å². The first-order chi connectivity index (χ1) is 9.86. The highest BCUT2D eigenvalue weighted by Gasteiger charge is 2.30. The number of alkyl halides is 3. The van der Waals surface area contributed by atoms with E-state index in [2.05, 4.69) is 4.98 Å². The predicted molar refractivity (Wildman–Crippen MR) is 67.0 cm³/mol. The van der Waals surface area contributed by atoms with Gasteiger partial charge in [0.15, 0.2) is 0 Å². The standard InChI is InChI=1S/C14H10F3NO3/c15-14(16,17)10-2-1-3-11(7-10)21-8-9-4-5-18-12(6-9)13(19)20/h1-7H,8H2,(H,19,20). The van der Waals surface area contributed by atoms with Gasteiger partial charge >= 0.3 is 12.1 Å². The predicted octanol–water partition coefficient (Wildman–Crippen LogP) is 3.38. The second-order valence-electron chi connectivity index (χ2n) is 4.17. The van der Waals surface area contributed by atoms with E-state index in [1.54, 1.807) is 0 Å². The first kappa shape index (κ1) is 14.8. The van der Waals surface area contributed by atoms with Crippen molar-refractivity contribution in [2.75, 3.05) is 0 Å². The number of ether oxygens (including phenoxy) is 1. The Morgan fingerprint density at radius 3 is 2.67 bits per heavy atom. The van der Waals surface area contributed by atoms with E-state index in [1.165, 1.54) is 30.5 Å². The van der Waals surface area contributed by atoms with Gasteiger partial charge in [0.25, 0.3) is 0 Å². The summed E-state index contributed by atoms with van der Waals surface area (Å²) in [4.78, 5) is 14.4. The quantitative estimate of drug-likeness (QED) is 0.940. The maximum absolute atomic E-state index is 12.5. The molecule has 21 heavy (non-hydrogen) atoms. The minimum atomic E-state index is -4.44. The number of halogens is 3. The number of nitrogens with zero attached hydrogens (tertiary/aromatic N) is 1. The van der Waals surface area contributed by atoms with Crippen LogP contribution in [-0.2, 0) is 12.8 Å². The third-order valence-corrected chi connectivity index (χ3v) is 2.61. The zero-order chi connectivity index (χ0) is 15.5. The van der Waals surface area contributed by atoms with Crippen LogP contribution in [0.4, 0.5) is 13.2 Å². The Bertz CT molecular complexity index is 656. The third-order valence-electron chi connectivity index (χ3n) is 2.61. The highest BCUT2D eigenvalue weighted by atomic mass is 19.4. The fourth-order valence-corrected chi connectivity index (χ4v) is 1.61. The van der Waals surface area contributed by atoms with Gasteiger partial charge in [0.05, 0.1) is 5.56 Å². The van der Waals surface area contributed by atoms with Gasteiger partial charge in [0, 0.05) is 6.20 Å². The minimum absolute atomic E-state index is 0.0515. The van der Waals surface area contributed by atoms with Crippen LogP contribution >= 0.6 is 0 Å². The van der Waals surface area contributed by atoms with E-state index in [0.29, 0.717) is 5.56 Å². The van der Waals surface area contributed by atoms with Gasteiger partial charge in [-0.15, -0.1) is 0 Å². The molecule has 1 aromatic heterocycles. The summed E-state index contributed by atoms with van der Waals surface area (Å²) in [7, 11) is 0. The van der Waals surface area contributed by atoms with Gasteiger partial charge in [-0.2, -0.15) is 13.2 Å². The van der Waals surface area contributed by atoms with Gasteiger partial charge in [-0.3, -0.25) is 0 Å². The number of benzene rings is 1. The molecule has 0 fully saturated rings. The highest BCUT2D eigenvalue weighted by Crippen LogP contribution is 2.31. The second kappa shape index (κ2) is 5.82. The van der Waals surface area contributed by atoms with Crippen LogP contribution in [0.3, 0.4) is 0 Å². The van der Waals surface area contributed by atoms with E-state index in [-0.39, 0.29) is 18.1 Å². The van der Waals surface area contributed by atoms with E-state index in [0.717, 1.165) is 12.1 Å². The molecule has 0 saturated heterocycles. The number of carboxylic acids is 1. The molecule has 1 N–H and O–H groups in total. The Morgan fingerprint density at radius 1 is 1.24 bits per heavy atom. The molecular formula is C14H10F3NO3. The van der Waals surface area contributed by atoms with Crippen LogP contribution in [0.2, 0.25) is 0 Å². The summed E-state index contributed by atoms with van der Waals surface area (Å²) in [6.45, 7) is -0.0515. The average Bonchev–Trinajstić information content (AvgIpc) is 2.45. The smallest absolute Gasteiger partial charge is 0.416 e. The molecule has 1 aromatic carbocycles. The Morgan fingerprint density at radius 2 is 2.00 bits per heavy atom. The molecule has 2 aromatic rings. The molecule has 0 aliphatic carbocycles. The molecule has 0 aliphatic rings. The van der Waals surface area contributed by atoms with Crippen molar-refractivity contribution in [3.8, 4) is 5.75 Å². The zero-order valence-corrected chi connectivity index (χ0v) is 10.6. The van der Waals surface area contributed by atoms with Crippen molar-refractivity contribution in [1.82, 2.24) is 4.98 Å². The lowest BCUT2D eigenvalue weighted by atomic mass is 10.2. The largest absolute Gasteiger partial charge is 0.489 e. The lowest BCUT2D eigenvalue weighted by Crippen LogP contribution is -2.06. The number of rotatable bonds is 4. The monoisotopic (exact) mass is 297 g/mol.